The molecule has 0 aromatic heterocycles. The largest absolute Gasteiger partial charge is 0.486 e. The van der Waals surface area contributed by atoms with E-state index in [0.717, 1.165) is 5.56 Å². The lowest BCUT2D eigenvalue weighted by Crippen LogP contribution is -2.22. The van der Waals surface area contributed by atoms with Crippen LogP contribution in [-0.4, -0.2) is 30.9 Å². The van der Waals surface area contributed by atoms with E-state index in [1.165, 1.54) is 0 Å². The summed E-state index contributed by atoms with van der Waals surface area (Å²) in [4.78, 5) is 11.9. The minimum absolute atomic E-state index is 0.0528. The molecule has 1 aromatic carbocycles. The van der Waals surface area contributed by atoms with E-state index in [1.54, 1.807) is 13.0 Å². The van der Waals surface area contributed by atoms with Gasteiger partial charge in [0.25, 0.3) is 0 Å². The number of benzene rings is 1. The maximum Gasteiger partial charge on any atom is 0.339 e. The fourth-order valence-electron chi connectivity index (χ4n) is 2.38. The van der Waals surface area contributed by atoms with Gasteiger partial charge >= 0.3 is 5.97 Å². The summed E-state index contributed by atoms with van der Waals surface area (Å²) in [5, 5.41) is 10.3. The SMILES string of the molecule is CCOC(=O)C(O)c1c(Br)cc2c(c1C(C)C)OCCO2. The molecule has 1 heterocycles. The van der Waals surface area contributed by atoms with E-state index in [0.29, 0.717) is 34.7 Å². The molecule has 0 spiro atoms. The predicted octanol–water partition coefficient (Wildman–Crippen LogP) is 2.94. The Kier molecular flexibility index (Phi) is 5.11. The quantitative estimate of drug-likeness (QED) is 0.838. The van der Waals surface area contributed by atoms with Crippen LogP contribution in [0.5, 0.6) is 11.5 Å². The molecule has 1 aliphatic rings. The molecule has 116 valence electrons. The molecule has 1 aromatic rings. The molecule has 0 saturated carbocycles. The minimum Gasteiger partial charge on any atom is -0.486 e. The maximum atomic E-state index is 11.9. The Labute approximate surface area is 132 Å². The van der Waals surface area contributed by atoms with Gasteiger partial charge in [-0.25, -0.2) is 4.79 Å². The highest BCUT2D eigenvalue weighted by Gasteiger charge is 2.31. The van der Waals surface area contributed by atoms with Crippen molar-refractivity contribution in [2.24, 2.45) is 0 Å². The Morgan fingerprint density at radius 2 is 2.05 bits per heavy atom. The molecular weight excluding hydrogens is 340 g/mol. The van der Waals surface area contributed by atoms with Gasteiger partial charge in [-0.15, -0.1) is 0 Å². The third-order valence-electron chi connectivity index (χ3n) is 3.22. The number of hydrogen-bond donors (Lipinski definition) is 1. The average Bonchev–Trinajstić information content (AvgIpc) is 2.45. The Morgan fingerprint density at radius 3 is 2.67 bits per heavy atom. The summed E-state index contributed by atoms with van der Waals surface area (Å²) in [5.41, 5.74) is 1.24. The van der Waals surface area contributed by atoms with Crippen molar-refractivity contribution >= 4 is 21.9 Å². The number of ether oxygens (including phenoxy) is 3. The summed E-state index contributed by atoms with van der Waals surface area (Å²) >= 11 is 3.41. The first kappa shape index (κ1) is 16.1. The smallest absolute Gasteiger partial charge is 0.339 e. The number of fused-ring (bicyclic) bond motifs is 1. The van der Waals surface area contributed by atoms with Crippen LogP contribution in [0.4, 0.5) is 0 Å². The van der Waals surface area contributed by atoms with Crippen molar-refractivity contribution in [3.8, 4) is 11.5 Å². The fraction of sp³-hybridized carbons (Fsp3) is 0.533. The van der Waals surface area contributed by atoms with Gasteiger partial charge in [-0.1, -0.05) is 29.8 Å². The van der Waals surface area contributed by atoms with Crippen LogP contribution in [0, 0.1) is 0 Å². The van der Waals surface area contributed by atoms with Crippen LogP contribution in [0.15, 0.2) is 10.5 Å². The van der Waals surface area contributed by atoms with Gasteiger partial charge in [0.1, 0.15) is 13.2 Å². The van der Waals surface area contributed by atoms with Gasteiger partial charge < -0.3 is 19.3 Å². The van der Waals surface area contributed by atoms with Gasteiger partial charge in [0.2, 0.25) is 0 Å². The van der Waals surface area contributed by atoms with E-state index in [-0.39, 0.29) is 12.5 Å². The molecule has 0 aliphatic carbocycles. The Balaban J connectivity index is 2.56. The fourth-order valence-corrected chi connectivity index (χ4v) is 3.02. The summed E-state index contributed by atoms with van der Waals surface area (Å²) in [6.07, 6.45) is -1.35. The van der Waals surface area contributed by atoms with Crippen LogP contribution in [0.1, 0.15) is 43.9 Å². The summed E-state index contributed by atoms with van der Waals surface area (Å²) in [6, 6.07) is 1.72. The highest BCUT2D eigenvalue weighted by Crippen LogP contribution is 2.45. The second kappa shape index (κ2) is 6.66. The summed E-state index contributed by atoms with van der Waals surface area (Å²) in [5.74, 6) is 0.600. The molecule has 0 saturated heterocycles. The Morgan fingerprint density at radius 1 is 1.38 bits per heavy atom. The summed E-state index contributed by atoms with van der Waals surface area (Å²) < 4.78 is 16.8. The van der Waals surface area contributed by atoms with E-state index in [2.05, 4.69) is 15.9 Å². The third-order valence-corrected chi connectivity index (χ3v) is 3.88. The Bertz CT molecular complexity index is 541. The number of hydrogen-bond acceptors (Lipinski definition) is 5. The molecule has 5 nitrogen and oxygen atoms in total. The second-order valence-electron chi connectivity index (χ2n) is 5.02. The number of carbonyl (C=O) groups is 1. The van der Waals surface area contributed by atoms with Crippen LogP contribution in [0.3, 0.4) is 0 Å². The van der Waals surface area contributed by atoms with Crippen LogP contribution in [-0.2, 0) is 9.53 Å². The molecule has 0 radical (unpaired) electrons. The zero-order valence-electron chi connectivity index (χ0n) is 12.3. The predicted molar refractivity (Wildman–Crippen MR) is 80.8 cm³/mol. The van der Waals surface area contributed by atoms with Crippen molar-refractivity contribution in [1.82, 2.24) is 0 Å². The first-order chi connectivity index (χ1) is 9.97. The normalized spacial score (nSPS) is 15.0. The van der Waals surface area contributed by atoms with Crippen molar-refractivity contribution in [1.29, 1.82) is 0 Å². The lowest BCUT2D eigenvalue weighted by atomic mass is 9.92. The Hall–Kier alpha value is -1.27. The third kappa shape index (κ3) is 3.16. The maximum absolute atomic E-state index is 11.9. The molecule has 21 heavy (non-hydrogen) atoms. The standard InChI is InChI=1S/C15H19BrO5/c1-4-19-15(18)13(17)12-9(16)7-10-14(11(12)8(2)3)21-6-5-20-10/h7-8,13,17H,4-6H2,1-3H3. The van der Waals surface area contributed by atoms with E-state index in [4.69, 9.17) is 14.2 Å². The van der Waals surface area contributed by atoms with Gasteiger partial charge in [0.15, 0.2) is 17.6 Å². The van der Waals surface area contributed by atoms with Gasteiger partial charge in [0, 0.05) is 15.6 Å². The lowest BCUT2D eigenvalue weighted by molar-refractivity contribution is -0.153. The number of carbonyl (C=O) groups excluding carboxylic acids is 1. The van der Waals surface area contributed by atoms with E-state index in [1.807, 2.05) is 13.8 Å². The molecule has 1 N–H and O–H groups in total. The molecule has 1 aliphatic heterocycles. The van der Waals surface area contributed by atoms with Crippen molar-refractivity contribution in [3.63, 3.8) is 0 Å². The lowest BCUT2D eigenvalue weighted by Gasteiger charge is -2.27. The second-order valence-corrected chi connectivity index (χ2v) is 5.87. The van der Waals surface area contributed by atoms with Gasteiger partial charge in [0.05, 0.1) is 6.61 Å². The van der Waals surface area contributed by atoms with Crippen LogP contribution in [0.2, 0.25) is 0 Å². The first-order valence-corrected chi connectivity index (χ1v) is 7.73. The molecule has 0 bridgehead atoms. The monoisotopic (exact) mass is 358 g/mol. The molecule has 1 unspecified atom stereocenters. The van der Waals surface area contributed by atoms with Gasteiger partial charge in [-0.2, -0.15) is 0 Å². The molecular formula is C15H19BrO5. The van der Waals surface area contributed by atoms with Crippen LogP contribution >= 0.6 is 15.9 Å². The zero-order valence-corrected chi connectivity index (χ0v) is 13.9. The summed E-state index contributed by atoms with van der Waals surface area (Å²) in [6.45, 7) is 6.80. The number of aliphatic hydroxyl groups is 1. The molecule has 0 amide bonds. The topological polar surface area (TPSA) is 65.0 Å². The van der Waals surface area contributed by atoms with Crippen LogP contribution < -0.4 is 9.47 Å². The molecule has 2 rings (SSSR count). The van der Waals surface area contributed by atoms with E-state index >= 15 is 0 Å². The number of esters is 1. The molecule has 1 atom stereocenters. The van der Waals surface area contributed by atoms with Gasteiger partial charge in [-0.3, -0.25) is 0 Å². The molecule has 0 fully saturated rings. The average molecular weight is 359 g/mol. The van der Waals surface area contributed by atoms with E-state index < -0.39 is 12.1 Å². The van der Waals surface area contributed by atoms with Gasteiger partial charge in [-0.05, 0) is 18.9 Å². The summed E-state index contributed by atoms with van der Waals surface area (Å²) in [7, 11) is 0. The number of aliphatic hydroxyl groups excluding tert-OH is 1. The molecule has 6 heteroatoms. The number of halogens is 1. The zero-order chi connectivity index (χ0) is 15.6. The van der Waals surface area contributed by atoms with Crippen molar-refractivity contribution in [2.45, 2.75) is 32.8 Å². The van der Waals surface area contributed by atoms with E-state index in [9.17, 15) is 9.90 Å². The highest BCUT2D eigenvalue weighted by atomic mass is 79.9. The van der Waals surface area contributed by atoms with Crippen molar-refractivity contribution < 1.29 is 24.1 Å². The van der Waals surface area contributed by atoms with Crippen LogP contribution in [0.25, 0.3) is 0 Å². The minimum atomic E-state index is -1.35. The van der Waals surface area contributed by atoms with Crippen molar-refractivity contribution in [2.75, 3.05) is 19.8 Å². The van der Waals surface area contributed by atoms with Crippen molar-refractivity contribution in [3.05, 3.63) is 21.7 Å². The highest BCUT2D eigenvalue weighted by molar-refractivity contribution is 9.10. The first-order valence-electron chi connectivity index (χ1n) is 6.93. The number of rotatable bonds is 4.